The Morgan fingerprint density at radius 1 is 1.41 bits per heavy atom. The van der Waals surface area contributed by atoms with E-state index >= 15 is 0 Å². The molecule has 0 fully saturated rings. The SMILES string of the molecule is CC(C)c1nnsc1C(O)CCCS(C)(=O)=O. The minimum Gasteiger partial charge on any atom is -0.387 e. The van der Waals surface area contributed by atoms with Crippen molar-refractivity contribution in [2.45, 2.75) is 38.7 Å². The van der Waals surface area contributed by atoms with Crippen molar-refractivity contribution in [2.75, 3.05) is 12.0 Å². The minimum atomic E-state index is -2.95. The maximum absolute atomic E-state index is 11.0. The topological polar surface area (TPSA) is 80.2 Å². The predicted molar refractivity (Wildman–Crippen MR) is 67.9 cm³/mol. The Labute approximate surface area is 106 Å². The van der Waals surface area contributed by atoms with Gasteiger partial charge in [0.15, 0.2) is 0 Å². The van der Waals surface area contributed by atoms with Crippen LogP contribution in [0.15, 0.2) is 0 Å². The summed E-state index contributed by atoms with van der Waals surface area (Å²) in [5, 5.41) is 14.0. The van der Waals surface area contributed by atoms with Crippen LogP contribution in [0.5, 0.6) is 0 Å². The maximum Gasteiger partial charge on any atom is 0.147 e. The molecule has 0 aromatic carbocycles. The molecule has 0 aliphatic heterocycles. The lowest BCUT2D eigenvalue weighted by Crippen LogP contribution is -2.06. The lowest BCUT2D eigenvalue weighted by molar-refractivity contribution is 0.169. The monoisotopic (exact) mass is 278 g/mol. The Bertz CT molecular complexity index is 454. The van der Waals surface area contributed by atoms with Gasteiger partial charge in [0.1, 0.15) is 9.84 Å². The van der Waals surface area contributed by atoms with E-state index in [0.717, 1.165) is 10.6 Å². The van der Waals surface area contributed by atoms with Crippen LogP contribution >= 0.6 is 11.5 Å². The first-order valence-corrected chi connectivity index (χ1v) is 8.32. The second kappa shape index (κ2) is 5.88. The second-order valence-corrected chi connectivity index (χ2v) is 7.51. The van der Waals surface area contributed by atoms with Crippen molar-refractivity contribution in [1.82, 2.24) is 9.59 Å². The molecule has 1 aromatic rings. The normalized spacial score (nSPS) is 14.2. The smallest absolute Gasteiger partial charge is 0.147 e. The van der Waals surface area contributed by atoms with E-state index in [2.05, 4.69) is 9.59 Å². The summed E-state index contributed by atoms with van der Waals surface area (Å²) in [5.41, 5.74) is 0.807. The van der Waals surface area contributed by atoms with Gasteiger partial charge in [-0.25, -0.2) is 8.42 Å². The summed E-state index contributed by atoms with van der Waals surface area (Å²) >= 11 is 1.18. The van der Waals surface area contributed by atoms with Crippen LogP contribution in [0, 0.1) is 0 Å². The Balaban J connectivity index is 2.58. The predicted octanol–water partition coefficient (Wildman–Crippen LogP) is 1.52. The summed E-state index contributed by atoms with van der Waals surface area (Å²) in [6, 6.07) is 0. The molecule has 17 heavy (non-hydrogen) atoms. The van der Waals surface area contributed by atoms with E-state index < -0.39 is 15.9 Å². The minimum absolute atomic E-state index is 0.104. The molecule has 1 rings (SSSR count). The molecule has 0 saturated heterocycles. The van der Waals surface area contributed by atoms with E-state index in [9.17, 15) is 13.5 Å². The molecule has 0 aliphatic rings. The van der Waals surface area contributed by atoms with E-state index in [4.69, 9.17) is 0 Å². The fourth-order valence-corrected chi connectivity index (χ4v) is 3.02. The third-order valence-corrected chi connectivity index (χ3v) is 4.25. The molecule has 1 N–H and O–H groups in total. The zero-order valence-corrected chi connectivity index (χ0v) is 11.9. The van der Waals surface area contributed by atoms with Gasteiger partial charge in [-0.15, -0.1) is 5.10 Å². The van der Waals surface area contributed by atoms with Crippen molar-refractivity contribution in [3.8, 4) is 0 Å². The number of aliphatic hydroxyl groups excluding tert-OH is 1. The highest BCUT2D eigenvalue weighted by Crippen LogP contribution is 2.28. The molecule has 0 saturated carbocycles. The van der Waals surface area contributed by atoms with E-state index in [1.54, 1.807) is 0 Å². The third-order valence-electron chi connectivity index (χ3n) is 2.38. The molecule has 0 radical (unpaired) electrons. The molecule has 7 heteroatoms. The van der Waals surface area contributed by atoms with Crippen LogP contribution in [0.4, 0.5) is 0 Å². The first kappa shape index (κ1) is 14.5. The quantitative estimate of drug-likeness (QED) is 0.853. The van der Waals surface area contributed by atoms with Gasteiger partial charge in [0.2, 0.25) is 0 Å². The molecule has 98 valence electrons. The van der Waals surface area contributed by atoms with Gasteiger partial charge in [-0.3, -0.25) is 0 Å². The average molecular weight is 278 g/mol. The van der Waals surface area contributed by atoms with Gasteiger partial charge >= 0.3 is 0 Å². The van der Waals surface area contributed by atoms with Gasteiger partial charge in [-0.1, -0.05) is 18.3 Å². The summed E-state index contributed by atoms with van der Waals surface area (Å²) in [7, 11) is -2.95. The number of aliphatic hydroxyl groups is 1. The summed E-state index contributed by atoms with van der Waals surface area (Å²) in [6.45, 7) is 3.98. The molecular formula is C10H18N2O3S2. The molecule has 1 atom stereocenters. The lowest BCUT2D eigenvalue weighted by Gasteiger charge is -2.10. The van der Waals surface area contributed by atoms with Gasteiger partial charge in [-0.2, -0.15) is 0 Å². The van der Waals surface area contributed by atoms with Crippen LogP contribution < -0.4 is 0 Å². The first-order chi connectivity index (χ1) is 7.81. The van der Waals surface area contributed by atoms with Crippen LogP contribution in [-0.2, 0) is 9.84 Å². The molecule has 0 amide bonds. The van der Waals surface area contributed by atoms with Gasteiger partial charge in [-0.05, 0) is 30.3 Å². The van der Waals surface area contributed by atoms with Crippen LogP contribution in [0.1, 0.15) is 49.3 Å². The Morgan fingerprint density at radius 2 is 2.06 bits per heavy atom. The van der Waals surface area contributed by atoms with Crippen LogP contribution in [0.2, 0.25) is 0 Å². The van der Waals surface area contributed by atoms with Crippen molar-refractivity contribution < 1.29 is 13.5 Å². The van der Waals surface area contributed by atoms with Crippen molar-refractivity contribution in [1.29, 1.82) is 0 Å². The van der Waals surface area contributed by atoms with Crippen molar-refractivity contribution >= 4 is 21.4 Å². The van der Waals surface area contributed by atoms with E-state index in [-0.39, 0.29) is 11.7 Å². The zero-order chi connectivity index (χ0) is 13.1. The fraction of sp³-hybridized carbons (Fsp3) is 0.800. The number of aromatic nitrogens is 2. The van der Waals surface area contributed by atoms with Gasteiger partial charge in [0.25, 0.3) is 0 Å². The largest absolute Gasteiger partial charge is 0.387 e. The number of nitrogens with zero attached hydrogens (tertiary/aromatic N) is 2. The number of rotatable bonds is 6. The third kappa shape index (κ3) is 4.69. The number of hydrogen-bond donors (Lipinski definition) is 1. The van der Waals surface area contributed by atoms with E-state index in [1.165, 1.54) is 17.8 Å². The molecule has 0 spiro atoms. The summed E-state index contributed by atoms with van der Waals surface area (Å²) in [5.74, 6) is 0.320. The van der Waals surface area contributed by atoms with Crippen molar-refractivity contribution in [2.24, 2.45) is 0 Å². The van der Waals surface area contributed by atoms with Crippen LogP contribution in [0.25, 0.3) is 0 Å². The van der Waals surface area contributed by atoms with E-state index in [0.29, 0.717) is 12.8 Å². The van der Waals surface area contributed by atoms with Crippen molar-refractivity contribution in [3.05, 3.63) is 10.6 Å². The second-order valence-electron chi connectivity index (χ2n) is 4.47. The van der Waals surface area contributed by atoms with Gasteiger partial charge < -0.3 is 5.11 Å². The lowest BCUT2D eigenvalue weighted by atomic mass is 10.1. The zero-order valence-electron chi connectivity index (χ0n) is 10.3. The number of hydrogen-bond acceptors (Lipinski definition) is 6. The Kier molecular flexibility index (Phi) is 5.03. The molecule has 0 aliphatic carbocycles. The maximum atomic E-state index is 11.0. The fourth-order valence-electron chi connectivity index (χ4n) is 1.51. The van der Waals surface area contributed by atoms with Crippen LogP contribution in [0.3, 0.4) is 0 Å². The first-order valence-electron chi connectivity index (χ1n) is 5.49. The average Bonchev–Trinajstić information content (AvgIpc) is 2.63. The molecule has 0 bridgehead atoms. The molecule has 5 nitrogen and oxygen atoms in total. The Hall–Kier alpha value is -0.530. The molecule has 1 unspecified atom stereocenters. The van der Waals surface area contributed by atoms with Crippen LogP contribution in [-0.4, -0.2) is 35.1 Å². The standard InChI is InChI=1S/C10H18N2O3S2/c1-7(2)9-10(16-12-11-9)8(13)5-4-6-17(3,14)15/h7-8,13H,4-6H2,1-3H3. The van der Waals surface area contributed by atoms with Gasteiger partial charge in [0, 0.05) is 12.0 Å². The Morgan fingerprint density at radius 3 is 2.59 bits per heavy atom. The summed E-state index contributed by atoms with van der Waals surface area (Å²) < 4.78 is 25.8. The number of sulfone groups is 1. The molecule has 1 aromatic heterocycles. The summed E-state index contributed by atoms with van der Waals surface area (Å²) in [4.78, 5) is 0.758. The highest BCUT2D eigenvalue weighted by Gasteiger charge is 2.19. The molecular weight excluding hydrogens is 260 g/mol. The van der Waals surface area contributed by atoms with E-state index in [1.807, 2.05) is 13.8 Å². The van der Waals surface area contributed by atoms with Gasteiger partial charge in [0.05, 0.1) is 16.7 Å². The highest BCUT2D eigenvalue weighted by atomic mass is 32.2. The summed E-state index contributed by atoms with van der Waals surface area (Å²) in [6.07, 6.45) is 1.42. The highest BCUT2D eigenvalue weighted by molar-refractivity contribution is 7.90. The molecule has 1 heterocycles. The van der Waals surface area contributed by atoms with Crippen molar-refractivity contribution in [3.63, 3.8) is 0 Å².